The number of hydrogen-bond donors (Lipinski definition) is 2. The van der Waals surface area contributed by atoms with E-state index in [1.54, 1.807) is 36.3 Å². The van der Waals surface area contributed by atoms with Crippen molar-refractivity contribution in [1.82, 2.24) is 9.88 Å². The molecule has 0 fully saturated rings. The Morgan fingerprint density at radius 3 is 2.32 bits per heavy atom. The van der Waals surface area contributed by atoms with Crippen LogP contribution < -0.4 is 15.2 Å². The van der Waals surface area contributed by atoms with E-state index in [4.69, 9.17) is 26.8 Å². The molecular formula is C28H29Cl2N3O4. The number of alkyl halides is 1. The summed E-state index contributed by atoms with van der Waals surface area (Å²) < 4.78 is 10.2. The molecule has 0 bridgehead atoms. The second-order valence-electron chi connectivity index (χ2n) is 8.04. The van der Waals surface area contributed by atoms with Crippen LogP contribution in [0.1, 0.15) is 22.9 Å². The van der Waals surface area contributed by atoms with Crippen molar-refractivity contribution < 1.29 is 19.1 Å². The third-order valence-electron chi connectivity index (χ3n) is 5.83. The molecule has 1 aliphatic heterocycles. The zero-order valence-electron chi connectivity index (χ0n) is 20.6. The number of H-pyrrole nitrogens is 1. The van der Waals surface area contributed by atoms with Gasteiger partial charge in [0.1, 0.15) is 11.5 Å². The Bertz CT molecular complexity index is 1310. The fourth-order valence-corrected chi connectivity index (χ4v) is 4.33. The summed E-state index contributed by atoms with van der Waals surface area (Å²) in [5, 5.41) is 1.94. The Hall–Kier alpha value is -3.68. The Labute approximate surface area is 226 Å². The van der Waals surface area contributed by atoms with Crippen molar-refractivity contribution in [2.45, 2.75) is 12.5 Å². The zero-order chi connectivity index (χ0) is 26.8. The SMILES string of the molecule is CCl.COc1ccc(Cl)cc1.NC(=O)COc1ccc(C2c3[nH]c4ccccc4c3CCN2C=O)cc1. The predicted octanol–water partition coefficient (Wildman–Crippen LogP) is 5.34. The van der Waals surface area contributed by atoms with Crippen LogP contribution in [0.2, 0.25) is 5.02 Å². The lowest BCUT2D eigenvalue weighted by Crippen LogP contribution is -2.34. The standard InChI is InChI=1S/C20H19N3O3.C7H7ClO.CH3Cl/c21-18(25)11-26-14-7-5-13(6-8-14)20-19-16(9-10-23(20)12-24)15-3-1-2-4-17(15)22-19;1-9-7-4-2-6(8)3-5-7;1-2/h1-8,12,20,22H,9-11H2,(H2,21,25);2-5H,1H3;1H3. The topological polar surface area (TPSA) is 97.7 Å². The summed E-state index contributed by atoms with van der Waals surface area (Å²) in [4.78, 5) is 27.8. The summed E-state index contributed by atoms with van der Waals surface area (Å²) in [5.41, 5.74) is 9.48. The number of benzene rings is 3. The Balaban J connectivity index is 0.000000291. The van der Waals surface area contributed by atoms with Crippen molar-refractivity contribution in [1.29, 1.82) is 0 Å². The number of ether oxygens (including phenoxy) is 2. The van der Waals surface area contributed by atoms with Gasteiger partial charge >= 0.3 is 0 Å². The van der Waals surface area contributed by atoms with Crippen LogP contribution in [0.3, 0.4) is 0 Å². The van der Waals surface area contributed by atoms with Gasteiger partial charge in [-0.2, -0.15) is 0 Å². The van der Waals surface area contributed by atoms with E-state index in [1.807, 2.05) is 36.4 Å². The van der Waals surface area contributed by atoms with Gasteiger partial charge in [0.15, 0.2) is 6.61 Å². The molecule has 2 heterocycles. The van der Waals surface area contributed by atoms with Crippen LogP contribution in [0.25, 0.3) is 10.9 Å². The van der Waals surface area contributed by atoms with Crippen molar-refractivity contribution in [3.8, 4) is 11.5 Å². The molecule has 4 aromatic rings. The van der Waals surface area contributed by atoms with Gasteiger partial charge in [0.25, 0.3) is 5.91 Å². The van der Waals surface area contributed by atoms with E-state index < -0.39 is 5.91 Å². The lowest BCUT2D eigenvalue weighted by atomic mass is 9.93. The van der Waals surface area contributed by atoms with Gasteiger partial charge in [0.2, 0.25) is 6.41 Å². The third kappa shape index (κ3) is 6.96. The normalized spacial score (nSPS) is 13.8. The highest BCUT2D eigenvalue weighted by Crippen LogP contribution is 2.38. The average Bonchev–Trinajstić information content (AvgIpc) is 3.32. The highest BCUT2D eigenvalue weighted by atomic mass is 35.5. The number of hydrogen-bond acceptors (Lipinski definition) is 4. The molecule has 0 saturated heterocycles. The van der Waals surface area contributed by atoms with Gasteiger partial charge in [0.05, 0.1) is 13.2 Å². The molecule has 37 heavy (non-hydrogen) atoms. The largest absolute Gasteiger partial charge is 0.497 e. The van der Waals surface area contributed by atoms with E-state index in [0.717, 1.165) is 40.4 Å². The van der Waals surface area contributed by atoms with Crippen molar-refractivity contribution in [2.75, 3.05) is 26.6 Å². The Kier molecular flexibility index (Phi) is 10.2. The van der Waals surface area contributed by atoms with E-state index >= 15 is 0 Å². The minimum absolute atomic E-state index is 0.157. The Morgan fingerprint density at radius 1 is 1.05 bits per heavy atom. The van der Waals surface area contributed by atoms with Crippen LogP contribution in [0.4, 0.5) is 0 Å². The number of nitrogens with zero attached hydrogens (tertiary/aromatic N) is 1. The van der Waals surface area contributed by atoms with Gasteiger partial charge in [-0.3, -0.25) is 9.59 Å². The molecule has 1 unspecified atom stereocenters. The van der Waals surface area contributed by atoms with Crippen LogP contribution in [-0.2, 0) is 16.0 Å². The monoisotopic (exact) mass is 541 g/mol. The van der Waals surface area contributed by atoms with E-state index in [2.05, 4.69) is 28.7 Å². The van der Waals surface area contributed by atoms with Gasteiger partial charge in [-0.1, -0.05) is 41.9 Å². The number of halogens is 2. The second kappa shape index (κ2) is 13.6. The van der Waals surface area contributed by atoms with Crippen LogP contribution in [0, 0.1) is 0 Å². The number of rotatable bonds is 6. The third-order valence-corrected chi connectivity index (χ3v) is 6.09. The maximum Gasteiger partial charge on any atom is 0.255 e. The molecule has 194 valence electrons. The van der Waals surface area contributed by atoms with Crippen LogP contribution in [0.15, 0.2) is 72.8 Å². The number of fused-ring (bicyclic) bond motifs is 3. The first kappa shape index (κ1) is 27.9. The predicted molar refractivity (Wildman–Crippen MR) is 148 cm³/mol. The number of aromatic amines is 1. The summed E-state index contributed by atoms with van der Waals surface area (Å²) in [7, 11) is 1.63. The van der Waals surface area contributed by atoms with Gasteiger partial charge in [-0.15, -0.1) is 11.6 Å². The number of primary amides is 1. The number of carbonyl (C=O) groups is 2. The van der Waals surface area contributed by atoms with Gasteiger partial charge in [-0.05, 0) is 60.0 Å². The molecule has 7 nitrogen and oxygen atoms in total. The maximum absolute atomic E-state index is 11.6. The second-order valence-corrected chi connectivity index (χ2v) is 8.48. The number of methoxy groups -OCH3 is 1. The summed E-state index contributed by atoms with van der Waals surface area (Å²) >= 11 is 10.3. The lowest BCUT2D eigenvalue weighted by Gasteiger charge is -2.33. The van der Waals surface area contributed by atoms with Crippen molar-refractivity contribution in [3.05, 3.63) is 94.6 Å². The molecule has 3 aromatic carbocycles. The molecule has 1 aliphatic rings. The van der Waals surface area contributed by atoms with Crippen molar-refractivity contribution in [3.63, 3.8) is 0 Å². The molecule has 5 rings (SSSR count). The van der Waals surface area contributed by atoms with Crippen LogP contribution in [-0.4, -0.2) is 48.8 Å². The van der Waals surface area contributed by atoms with Gasteiger partial charge in [-0.25, -0.2) is 0 Å². The minimum Gasteiger partial charge on any atom is -0.497 e. The zero-order valence-corrected chi connectivity index (χ0v) is 22.1. The summed E-state index contributed by atoms with van der Waals surface area (Å²) in [6.45, 7) is 0.512. The van der Waals surface area contributed by atoms with Crippen LogP contribution in [0.5, 0.6) is 11.5 Å². The molecule has 3 N–H and O–H groups in total. The molecule has 0 radical (unpaired) electrons. The number of nitrogens with one attached hydrogen (secondary N) is 1. The molecular weight excluding hydrogens is 513 g/mol. The highest BCUT2D eigenvalue weighted by molar-refractivity contribution is 6.30. The molecule has 2 amide bonds. The molecule has 9 heteroatoms. The van der Waals surface area contributed by atoms with E-state index in [1.165, 1.54) is 17.3 Å². The van der Waals surface area contributed by atoms with Crippen molar-refractivity contribution >= 4 is 46.4 Å². The Morgan fingerprint density at radius 2 is 1.70 bits per heavy atom. The summed E-state index contributed by atoms with van der Waals surface area (Å²) in [6.07, 6.45) is 3.20. The highest BCUT2D eigenvalue weighted by Gasteiger charge is 2.30. The molecule has 0 saturated carbocycles. The first-order valence-corrected chi connectivity index (χ1v) is 12.6. The molecule has 0 spiro atoms. The van der Waals surface area contributed by atoms with Crippen LogP contribution >= 0.6 is 23.2 Å². The number of nitrogens with two attached hydrogens (primary N) is 1. The van der Waals surface area contributed by atoms with E-state index in [-0.39, 0.29) is 12.6 Å². The number of amides is 2. The van der Waals surface area contributed by atoms with E-state index in [9.17, 15) is 9.59 Å². The molecule has 1 aromatic heterocycles. The van der Waals surface area contributed by atoms with Gasteiger partial charge in [0, 0.05) is 34.5 Å². The van der Waals surface area contributed by atoms with Crippen molar-refractivity contribution in [2.24, 2.45) is 5.73 Å². The fraction of sp³-hybridized carbons (Fsp3) is 0.214. The first-order valence-electron chi connectivity index (χ1n) is 11.5. The molecule has 1 atom stereocenters. The number of para-hydroxylation sites is 1. The smallest absolute Gasteiger partial charge is 0.255 e. The number of carbonyl (C=O) groups excluding carboxylic acids is 2. The quantitative estimate of drug-likeness (QED) is 0.254. The molecule has 0 aliphatic carbocycles. The van der Waals surface area contributed by atoms with E-state index in [0.29, 0.717) is 12.3 Å². The fourth-order valence-electron chi connectivity index (χ4n) is 4.20. The summed E-state index contributed by atoms with van der Waals surface area (Å²) in [6, 6.07) is 22.7. The number of aromatic nitrogens is 1. The maximum atomic E-state index is 11.6. The van der Waals surface area contributed by atoms with Gasteiger partial charge < -0.3 is 25.1 Å². The minimum atomic E-state index is -0.517. The lowest BCUT2D eigenvalue weighted by molar-refractivity contribution is -0.120. The first-order chi connectivity index (χ1) is 18.0. The average molecular weight is 542 g/mol. The summed E-state index contributed by atoms with van der Waals surface area (Å²) in [5.74, 6) is 0.883.